The van der Waals surface area contributed by atoms with Gasteiger partial charge in [-0.1, -0.05) is 5.21 Å². The third-order valence-electron chi connectivity index (χ3n) is 5.23. The molecule has 4 atom stereocenters. The van der Waals surface area contributed by atoms with E-state index in [1.54, 1.807) is 4.68 Å². The third-order valence-corrected chi connectivity index (χ3v) is 5.23. The van der Waals surface area contributed by atoms with E-state index in [0.29, 0.717) is 24.6 Å². The molecular weight excluding hydrogens is 298 g/mol. The monoisotopic (exact) mass is 323 g/mol. The molecule has 0 aliphatic carbocycles. The summed E-state index contributed by atoms with van der Waals surface area (Å²) >= 11 is 0. The average molecular weight is 323 g/mol. The van der Waals surface area contributed by atoms with Gasteiger partial charge in [-0.15, -0.1) is 5.10 Å². The summed E-state index contributed by atoms with van der Waals surface area (Å²) in [6.45, 7) is 6.41. The highest BCUT2D eigenvalue weighted by Crippen LogP contribution is 2.41. The summed E-state index contributed by atoms with van der Waals surface area (Å²) in [5, 5.41) is 19.2. The lowest BCUT2D eigenvalue weighted by Crippen LogP contribution is -2.44. The fourth-order valence-corrected chi connectivity index (χ4v) is 3.86. The minimum atomic E-state index is -1.18. The zero-order chi connectivity index (χ0) is 16.1. The number of hydrogen-bond donors (Lipinski definition) is 1. The molecule has 0 radical (unpaired) electrons. The molecule has 4 rings (SSSR count). The van der Waals surface area contributed by atoms with Gasteiger partial charge in [-0.3, -0.25) is 4.68 Å². The summed E-state index contributed by atoms with van der Waals surface area (Å²) < 4.78 is 18.8. The van der Waals surface area contributed by atoms with E-state index in [2.05, 4.69) is 24.2 Å². The van der Waals surface area contributed by atoms with Crippen LogP contribution in [0.15, 0.2) is 6.20 Å². The van der Waals surface area contributed by atoms with Gasteiger partial charge in [-0.25, -0.2) is 0 Å². The summed E-state index contributed by atoms with van der Waals surface area (Å²) in [6.07, 6.45) is 4.79. The second kappa shape index (κ2) is 5.51. The van der Waals surface area contributed by atoms with E-state index in [4.69, 9.17) is 14.2 Å². The van der Waals surface area contributed by atoms with Crippen molar-refractivity contribution in [3.8, 4) is 0 Å². The molecule has 3 aliphatic rings. The average Bonchev–Trinajstić information content (AvgIpc) is 3.21. The molecule has 0 amide bonds. The van der Waals surface area contributed by atoms with Gasteiger partial charge in [-0.05, 0) is 45.4 Å². The second-order valence-electron chi connectivity index (χ2n) is 7.68. The second-order valence-corrected chi connectivity index (χ2v) is 7.68. The van der Waals surface area contributed by atoms with Crippen LogP contribution in [0.25, 0.3) is 0 Å². The predicted octanol–water partition coefficient (Wildman–Crippen LogP) is 1.21. The van der Waals surface area contributed by atoms with Crippen LogP contribution in [0.1, 0.15) is 45.2 Å². The Morgan fingerprint density at radius 2 is 2.26 bits per heavy atom. The van der Waals surface area contributed by atoms with E-state index in [9.17, 15) is 5.11 Å². The molecule has 7 nitrogen and oxygen atoms in total. The maximum absolute atomic E-state index is 10.9. The Hall–Kier alpha value is -1.02. The highest BCUT2D eigenvalue weighted by atomic mass is 16.7. The van der Waals surface area contributed by atoms with Crippen molar-refractivity contribution < 1.29 is 19.3 Å². The first-order valence-corrected chi connectivity index (χ1v) is 8.49. The van der Waals surface area contributed by atoms with Crippen molar-refractivity contribution in [2.75, 3.05) is 13.2 Å². The molecule has 1 N–H and O–H groups in total. The van der Waals surface area contributed by atoms with Gasteiger partial charge in [0.2, 0.25) is 0 Å². The zero-order valence-electron chi connectivity index (χ0n) is 13.8. The molecule has 128 valence electrons. The topological polar surface area (TPSA) is 78.6 Å². The van der Waals surface area contributed by atoms with Crippen LogP contribution in [-0.4, -0.2) is 51.3 Å². The van der Waals surface area contributed by atoms with Crippen LogP contribution in [0.5, 0.6) is 0 Å². The van der Waals surface area contributed by atoms with E-state index < -0.39 is 11.9 Å². The van der Waals surface area contributed by atoms with Crippen molar-refractivity contribution >= 4 is 0 Å². The minimum Gasteiger partial charge on any atom is -0.378 e. The van der Waals surface area contributed by atoms with Gasteiger partial charge in [0.1, 0.15) is 5.69 Å². The Morgan fingerprint density at radius 1 is 1.39 bits per heavy atom. The van der Waals surface area contributed by atoms with Crippen LogP contribution in [0.4, 0.5) is 0 Å². The number of aromatic nitrogens is 3. The fraction of sp³-hybridized carbons (Fsp3) is 0.875. The van der Waals surface area contributed by atoms with Crippen molar-refractivity contribution in [1.82, 2.24) is 15.0 Å². The first-order chi connectivity index (χ1) is 10.9. The normalized spacial score (nSPS) is 39.0. The van der Waals surface area contributed by atoms with Gasteiger partial charge < -0.3 is 19.3 Å². The number of hydrogen-bond acceptors (Lipinski definition) is 6. The molecule has 4 heterocycles. The van der Waals surface area contributed by atoms with Gasteiger partial charge in [0.15, 0.2) is 11.9 Å². The van der Waals surface area contributed by atoms with Crippen molar-refractivity contribution in [1.29, 1.82) is 0 Å². The van der Waals surface area contributed by atoms with Crippen molar-refractivity contribution in [3.63, 3.8) is 0 Å². The van der Waals surface area contributed by atoms with Gasteiger partial charge in [0.25, 0.3) is 0 Å². The highest BCUT2D eigenvalue weighted by molar-refractivity contribution is 5.11. The number of fused-ring (bicyclic) bond motifs is 2. The molecule has 2 unspecified atom stereocenters. The van der Waals surface area contributed by atoms with Crippen LogP contribution in [0, 0.1) is 5.92 Å². The first kappa shape index (κ1) is 15.5. The lowest BCUT2D eigenvalue weighted by molar-refractivity contribution is -0.219. The summed E-state index contributed by atoms with van der Waals surface area (Å²) in [7, 11) is 0. The predicted molar refractivity (Wildman–Crippen MR) is 80.5 cm³/mol. The van der Waals surface area contributed by atoms with Gasteiger partial charge in [0.05, 0.1) is 31.1 Å². The standard InChI is InChI=1S/C16H25N3O4/c1-15(2)7-11(9-22-15)4-6-19-8-13(17-18-19)16(20)5-3-12-10-21-14(16)23-12/h8,11-12,14,20H,3-7,9-10H2,1-2H3/t11?,12-,14+,16?/m0/s1. The molecule has 1 aromatic heterocycles. The maximum Gasteiger partial charge on any atom is 0.192 e. The molecule has 1 aromatic rings. The van der Waals surface area contributed by atoms with Crippen molar-refractivity contribution in [3.05, 3.63) is 11.9 Å². The van der Waals surface area contributed by atoms with E-state index in [1.807, 2.05) is 6.20 Å². The largest absolute Gasteiger partial charge is 0.378 e. The van der Waals surface area contributed by atoms with Crippen LogP contribution < -0.4 is 0 Å². The number of aliphatic hydroxyl groups is 1. The number of rotatable bonds is 4. The lowest BCUT2D eigenvalue weighted by atomic mass is 9.90. The van der Waals surface area contributed by atoms with Crippen LogP contribution in [0.3, 0.4) is 0 Å². The van der Waals surface area contributed by atoms with Crippen molar-refractivity contribution in [2.45, 2.75) is 69.7 Å². The molecule has 7 heteroatoms. The Bertz CT molecular complexity index is 575. The summed E-state index contributed by atoms with van der Waals surface area (Å²) in [5.41, 5.74) is -0.641. The maximum atomic E-state index is 10.9. The fourth-order valence-electron chi connectivity index (χ4n) is 3.86. The van der Waals surface area contributed by atoms with Gasteiger partial charge in [0, 0.05) is 6.54 Å². The van der Waals surface area contributed by atoms with Crippen LogP contribution in [0.2, 0.25) is 0 Å². The summed E-state index contributed by atoms with van der Waals surface area (Å²) in [4.78, 5) is 0. The third kappa shape index (κ3) is 2.91. The summed E-state index contributed by atoms with van der Waals surface area (Å²) in [6, 6.07) is 0. The first-order valence-electron chi connectivity index (χ1n) is 8.49. The number of ether oxygens (including phenoxy) is 3. The SMILES string of the molecule is CC1(C)CC(CCn2cc(C3(O)CC[C@H]4CO[C@@H]3O4)nn2)CO1. The van der Waals surface area contributed by atoms with E-state index in [1.165, 1.54) is 0 Å². The van der Waals surface area contributed by atoms with E-state index in [-0.39, 0.29) is 11.7 Å². The minimum absolute atomic E-state index is 0.0108. The molecule has 2 bridgehead atoms. The molecule has 23 heavy (non-hydrogen) atoms. The van der Waals surface area contributed by atoms with Gasteiger partial charge >= 0.3 is 0 Å². The van der Waals surface area contributed by atoms with E-state index in [0.717, 1.165) is 32.4 Å². The zero-order valence-corrected chi connectivity index (χ0v) is 13.8. The lowest BCUT2D eigenvalue weighted by Gasteiger charge is -2.34. The molecule has 0 spiro atoms. The smallest absolute Gasteiger partial charge is 0.192 e. The van der Waals surface area contributed by atoms with E-state index >= 15 is 0 Å². The molecule has 0 saturated carbocycles. The summed E-state index contributed by atoms with van der Waals surface area (Å²) in [5.74, 6) is 0.553. The molecule has 3 fully saturated rings. The van der Waals surface area contributed by atoms with Crippen molar-refractivity contribution in [2.24, 2.45) is 5.92 Å². The molecule has 3 saturated heterocycles. The Morgan fingerprint density at radius 3 is 3.04 bits per heavy atom. The molecular formula is C16H25N3O4. The highest BCUT2D eigenvalue weighted by Gasteiger charge is 2.51. The van der Waals surface area contributed by atoms with Gasteiger partial charge in [-0.2, -0.15) is 0 Å². The number of nitrogens with zero attached hydrogens (tertiary/aromatic N) is 3. The Kier molecular flexibility index (Phi) is 3.72. The quantitative estimate of drug-likeness (QED) is 0.897. The molecule has 3 aliphatic heterocycles. The van der Waals surface area contributed by atoms with Crippen LogP contribution in [-0.2, 0) is 26.4 Å². The Labute approximate surface area is 135 Å². The Balaban J connectivity index is 1.39. The molecule has 0 aromatic carbocycles. The van der Waals surface area contributed by atoms with Crippen LogP contribution >= 0.6 is 0 Å². The number of aryl methyl sites for hydroxylation is 1.